The van der Waals surface area contributed by atoms with Gasteiger partial charge in [-0.15, -0.1) is 0 Å². The summed E-state index contributed by atoms with van der Waals surface area (Å²) in [5, 5.41) is 5.13. The molecule has 0 fully saturated rings. The van der Waals surface area contributed by atoms with Gasteiger partial charge in [0.05, 0.1) is 16.3 Å². The van der Waals surface area contributed by atoms with Crippen LogP contribution in [0.3, 0.4) is 0 Å². The van der Waals surface area contributed by atoms with Crippen LogP contribution in [-0.2, 0) is 4.31 Å². The first kappa shape index (κ1) is 25.8. The average Bonchev–Trinajstić information content (AvgIpc) is 2.71. The van der Waals surface area contributed by atoms with Gasteiger partial charge in [-0.25, -0.2) is 0 Å². The van der Waals surface area contributed by atoms with Gasteiger partial charge in [0.25, 0.3) is 0 Å². The standard InChI is InChI=1S/C32H36OP2/c1-21-9-22(2)14-29(13-21)34(30-15-23(3)10-24(4)16-30)33-35(31-17-25(5)11-26(6)18-31)32-19-27(7)12-28(8)20-32/h9-20H,1-8H3. The molecule has 1 nitrogen and oxygen atoms in total. The molecule has 0 aliphatic heterocycles. The second kappa shape index (κ2) is 10.8. The van der Waals surface area contributed by atoms with Crippen LogP contribution in [0.25, 0.3) is 0 Å². The van der Waals surface area contributed by atoms with E-state index in [1.807, 2.05) is 0 Å². The molecule has 4 aromatic rings. The van der Waals surface area contributed by atoms with Gasteiger partial charge in [-0.3, -0.25) is 0 Å². The minimum absolute atomic E-state index is 1.01. The van der Waals surface area contributed by atoms with E-state index < -0.39 is 16.3 Å². The molecule has 180 valence electrons. The minimum atomic E-state index is -1.01. The molecule has 0 spiro atoms. The van der Waals surface area contributed by atoms with E-state index in [4.69, 9.17) is 4.31 Å². The summed E-state index contributed by atoms with van der Waals surface area (Å²) in [6.07, 6.45) is 0. The molecule has 35 heavy (non-hydrogen) atoms. The highest BCUT2D eigenvalue weighted by Crippen LogP contribution is 2.51. The Bertz CT molecular complexity index is 1080. The lowest BCUT2D eigenvalue weighted by Crippen LogP contribution is -2.20. The van der Waals surface area contributed by atoms with Crippen molar-refractivity contribution in [1.82, 2.24) is 0 Å². The average molecular weight is 499 g/mol. The Morgan fingerprint density at radius 2 is 0.486 bits per heavy atom. The summed E-state index contributed by atoms with van der Waals surface area (Å²) in [5.74, 6) is 0. The molecule has 0 N–H and O–H groups in total. The van der Waals surface area contributed by atoms with Crippen LogP contribution in [0.1, 0.15) is 44.5 Å². The third-order valence-electron chi connectivity index (χ3n) is 5.93. The Labute approximate surface area is 214 Å². The van der Waals surface area contributed by atoms with Crippen LogP contribution in [0.4, 0.5) is 0 Å². The summed E-state index contributed by atoms with van der Waals surface area (Å²) in [6.45, 7) is 17.5. The van der Waals surface area contributed by atoms with Crippen LogP contribution in [0.5, 0.6) is 0 Å². The molecule has 0 bridgehead atoms. The van der Waals surface area contributed by atoms with Gasteiger partial charge in [-0.1, -0.05) is 68.8 Å². The summed E-state index contributed by atoms with van der Waals surface area (Å²) < 4.78 is 7.36. The van der Waals surface area contributed by atoms with Gasteiger partial charge in [-0.2, -0.15) is 0 Å². The molecule has 0 aliphatic rings. The number of hydrogen-bond donors (Lipinski definition) is 0. The fourth-order valence-electron chi connectivity index (χ4n) is 4.84. The number of hydrogen-bond acceptors (Lipinski definition) is 1. The smallest absolute Gasteiger partial charge is 0.0977 e. The van der Waals surface area contributed by atoms with Crippen molar-refractivity contribution in [2.45, 2.75) is 55.4 Å². The first-order valence-corrected chi connectivity index (χ1v) is 14.7. The third kappa shape index (κ3) is 6.48. The van der Waals surface area contributed by atoms with Crippen molar-refractivity contribution >= 4 is 37.5 Å². The maximum atomic E-state index is 7.36. The Morgan fingerprint density at radius 3 is 0.657 bits per heavy atom. The molecule has 0 unspecified atom stereocenters. The Hall–Kier alpha value is -2.30. The number of aryl methyl sites for hydroxylation is 8. The SMILES string of the molecule is Cc1cc(C)cc(P(OP(c2cc(C)cc(C)c2)c2cc(C)cc(C)c2)c2cc(C)cc(C)c2)c1. The van der Waals surface area contributed by atoms with Crippen LogP contribution in [-0.4, -0.2) is 0 Å². The lowest BCUT2D eigenvalue weighted by atomic mass is 10.2. The third-order valence-corrected chi connectivity index (χ3v) is 10.1. The van der Waals surface area contributed by atoms with Gasteiger partial charge in [0, 0.05) is 21.2 Å². The largest absolute Gasteiger partial charge is 0.318 e. The van der Waals surface area contributed by atoms with E-state index in [9.17, 15) is 0 Å². The number of benzene rings is 4. The molecule has 0 aliphatic carbocycles. The Balaban J connectivity index is 1.92. The molecule has 0 saturated carbocycles. The van der Waals surface area contributed by atoms with Gasteiger partial charge in [0.2, 0.25) is 0 Å². The van der Waals surface area contributed by atoms with E-state index >= 15 is 0 Å². The van der Waals surface area contributed by atoms with Gasteiger partial charge in [0.15, 0.2) is 0 Å². The van der Waals surface area contributed by atoms with Gasteiger partial charge in [0.1, 0.15) is 0 Å². The van der Waals surface area contributed by atoms with E-state index in [-0.39, 0.29) is 0 Å². The summed E-state index contributed by atoms with van der Waals surface area (Å²) in [5.41, 5.74) is 10.2. The summed E-state index contributed by atoms with van der Waals surface area (Å²) in [7, 11) is -2.02. The fraction of sp³-hybridized carbons (Fsp3) is 0.250. The monoisotopic (exact) mass is 498 g/mol. The molecule has 4 rings (SSSR count). The van der Waals surface area contributed by atoms with Crippen LogP contribution in [0, 0.1) is 55.4 Å². The normalized spacial score (nSPS) is 11.5. The summed E-state index contributed by atoms with van der Waals surface area (Å²) in [6, 6.07) is 27.5. The van der Waals surface area contributed by atoms with Crippen molar-refractivity contribution in [1.29, 1.82) is 0 Å². The van der Waals surface area contributed by atoms with Gasteiger partial charge in [-0.05, 0) is 104 Å². The topological polar surface area (TPSA) is 9.23 Å². The zero-order valence-electron chi connectivity index (χ0n) is 22.2. The molecule has 0 heterocycles. The lowest BCUT2D eigenvalue weighted by Gasteiger charge is -2.27. The van der Waals surface area contributed by atoms with Crippen LogP contribution in [0.2, 0.25) is 0 Å². The Kier molecular flexibility index (Phi) is 7.92. The van der Waals surface area contributed by atoms with E-state index in [1.54, 1.807) is 0 Å². The van der Waals surface area contributed by atoms with Gasteiger partial charge < -0.3 is 4.31 Å². The van der Waals surface area contributed by atoms with Crippen LogP contribution in [0.15, 0.2) is 72.8 Å². The van der Waals surface area contributed by atoms with Crippen molar-refractivity contribution in [3.63, 3.8) is 0 Å². The quantitative estimate of drug-likeness (QED) is 0.249. The number of rotatable bonds is 6. The van der Waals surface area contributed by atoms with E-state index in [2.05, 4.69) is 128 Å². The maximum Gasteiger partial charge on any atom is 0.0977 e. The Morgan fingerprint density at radius 1 is 0.314 bits per heavy atom. The predicted molar refractivity (Wildman–Crippen MR) is 157 cm³/mol. The highest BCUT2D eigenvalue weighted by Gasteiger charge is 2.26. The predicted octanol–water partition coefficient (Wildman–Crippen LogP) is 7.57. The molecule has 0 radical (unpaired) electrons. The maximum absolute atomic E-state index is 7.36. The molecule has 4 aromatic carbocycles. The second-order valence-electron chi connectivity index (χ2n) is 10.1. The lowest BCUT2D eigenvalue weighted by molar-refractivity contribution is 0.719. The van der Waals surface area contributed by atoms with E-state index in [1.165, 1.54) is 65.7 Å². The van der Waals surface area contributed by atoms with Crippen LogP contribution < -0.4 is 21.2 Å². The van der Waals surface area contributed by atoms with Crippen molar-refractivity contribution in [2.24, 2.45) is 0 Å². The van der Waals surface area contributed by atoms with Crippen molar-refractivity contribution in [3.8, 4) is 0 Å². The van der Waals surface area contributed by atoms with Crippen molar-refractivity contribution in [2.75, 3.05) is 0 Å². The summed E-state index contributed by atoms with van der Waals surface area (Å²) >= 11 is 0. The zero-order chi connectivity index (χ0) is 25.3. The molecule has 0 aromatic heterocycles. The van der Waals surface area contributed by atoms with Crippen molar-refractivity contribution < 1.29 is 4.31 Å². The van der Waals surface area contributed by atoms with E-state index in [0.29, 0.717) is 0 Å². The molecule has 0 atom stereocenters. The molecular formula is C32H36OP2. The van der Waals surface area contributed by atoms with Crippen molar-refractivity contribution in [3.05, 3.63) is 117 Å². The molecule has 0 amide bonds. The zero-order valence-corrected chi connectivity index (χ0v) is 24.0. The first-order chi connectivity index (χ1) is 16.6. The minimum Gasteiger partial charge on any atom is -0.318 e. The highest BCUT2D eigenvalue weighted by atomic mass is 31.2. The molecular weight excluding hydrogens is 462 g/mol. The molecule has 0 saturated heterocycles. The fourth-order valence-corrected chi connectivity index (χ4v) is 10.2. The second-order valence-corrected chi connectivity index (χ2v) is 14.0. The summed E-state index contributed by atoms with van der Waals surface area (Å²) in [4.78, 5) is 0. The first-order valence-electron chi connectivity index (χ1n) is 12.2. The van der Waals surface area contributed by atoms with Crippen LogP contribution >= 0.6 is 16.3 Å². The highest BCUT2D eigenvalue weighted by molar-refractivity contribution is 7.80. The van der Waals surface area contributed by atoms with Gasteiger partial charge >= 0.3 is 0 Å². The molecule has 3 heteroatoms. The van der Waals surface area contributed by atoms with E-state index in [0.717, 1.165) is 0 Å².